The van der Waals surface area contributed by atoms with Crippen LogP contribution in [-0.2, 0) is 24.0 Å². The molecule has 0 aromatic carbocycles. The lowest BCUT2D eigenvalue weighted by Crippen LogP contribution is -2.46. The number of rotatable bonds is 12. The van der Waals surface area contributed by atoms with Gasteiger partial charge in [0.05, 0.1) is 12.2 Å². The number of amides is 3. The lowest BCUT2D eigenvalue weighted by molar-refractivity contribution is -0.123. The minimum atomic E-state index is -0.468. The lowest BCUT2D eigenvalue weighted by atomic mass is 10.0. The maximum atomic E-state index is 11.6. The maximum Gasteiger partial charge on any atom is 0.274 e. The molecule has 13 heteroatoms. The van der Waals surface area contributed by atoms with Gasteiger partial charge in [0.1, 0.15) is 12.0 Å². The van der Waals surface area contributed by atoms with E-state index in [-0.39, 0.29) is 48.2 Å². The van der Waals surface area contributed by atoms with Crippen molar-refractivity contribution in [3.8, 4) is 0 Å². The van der Waals surface area contributed by atoms with Gasteiger partial charge in [-0.2, -0.15) is 0 Å². The normalized spacial score (nSPS) is 17.4. The monoisotopic (exact) mass is 580 g/mol. The number of carbonyl (C=O) groups is 6. The Labute approximate surface area is 242 Å². The van der Waals surface area contributed by atoms with Crippen LogP contribution in [0.5, 0.6) is 0 Å². The standard InChI is InChI=1S/C11H16N2O3.C10H19N3O2.C5H11N.C2H2O2/c1-7(2)4-9(6-14)12-11(15)10-5-8(3)16-13-10;1-7(2)13-9(12-6-14)5-8-3-4-11-10(8)15;1-6-4-2-3-5-6;3-1-2-4/h5-7,9H,4H2,1-3H3,(H,12,15);6-9,13H,3-5H2,1-2H3,(H,11,15)(H,12,14);2-5H2,1H3;1-2H. The smallest absolute Gasteiger partial charge is 0.274 e. The van der Waals surface area contributed by atoms with Crippen molar-refractivity contribution in [3.63, 3.8) is 0 Å². The number of aryl methyl sites for hydroxylation is 1. The summed E-state index contributed by atoms with van der Waals surface area (Å²) >= 11 is 0. The van der Waals surface area contributed by atoms with Crippen LogP contribution in [0.4, 0.5) is 0 Å². The number of nitrogens with one attached hydrogen (secondary N) is 4. The fraction of sp³-hybridized carbons (Fsp3) is 0.679. The lowest BCUT2D eigenvalue weighted by Gasteiger charge is -2.22. The number of likely N-dealkylation sites (tertiary alicyclic amines) is 1. The van der Waals surface area contributed by atoms with E-state index < -0.39 is 6.04 Å². The van der Waals surface area contributed by atoms with Crippen LogP contribution in [0.3, 0.4) is 0 Å². The molecule has 0 bridgehead atoms. The number of hydrogen-bond donors (Lipinski definition) is 4. The molecule has 4 N–H and O–H groups in total. The second-order valence-electron chi connectivity index (χ2n) is 10.6. The average Bonchev–Trinajstić information content (AvgIpc) is 3.67. The summed E-state index contributed by atoms with van der Waals surface area (Å²) < 4.78 is 4.78. The van der Waals surface area contributed by atoms with Gasteiger partial charge < -0.3 is 30.2 Å². The van der Waals surface area contributed by atoms with Crippen LogP contribution >= 0.6 is 0 Å². The van der Waals surface area contributed by atoms with E-state index in [0.29, 0.717) is 30.9 Å². The van der Waals surface area contributed by atoms with Crippen molar-refractivity contribution in [2.24, 2.45) is 11.8 Å². The van der Waals surface area contributed by atoms with Crippen LogP contribution in [0.15, 0.2) is 10.6 Å². The molecule has 2 saturated heterocycles. The van der Waals surface area contributed by atoms with E-state index in [2.05, 4.69) is 38.4 Å². The number of nitrogens with zero attached hydrogens (tertiary/aromatic N) is 2. The van der Waals surface area contributed by atoms with E-state index in [0.717, 1.165) is 19.3 Å². The predicted molar refractivity (Wildman–Crippen MR) is 154 cm³/mol. The zero-order valence-corrected chi connectivity index (χ0v) is 25.2. The number of aldehydes is 3. The second kappa shape index (κ2) is 22.3. The highest BCUT2D eigenvalue weighted by Crippen LogP contribution is 2.15. The van der Waals surface area contributed by atoms with E-state index in [4.69, 9.17) is 14.1 Å². The molecule has 1 aromatic rings. The first-order valence-electron chi connectivity index (χ1n) is 14.0. The Kier molecular flexibility index (Phi) is 20.4. The molecule has 0 aliphatic carbocycles. The van der Waals surface area contributed by atoms with Crippen LogP contribution in [-0.4, -0.2) is 92.1 Å². The topological polar surface area (TPSA) is 180 Å². The molecule has 1 aromatic heterocycles. The summed E-state index contributed by atoms with van der Waals surface area (Å²) in [6.07, 6.45) is 6.64. The first-order valence-corrected chi connectivity index (χ1v) is 14.0. The first kappa shape index (κ1) is 37.6. The summed E-state index contributed by atoms with van der Waals surface area (Å²) in [5.74, 6) is 0.646. The van der Waals surface area contributed by atoms with Crippen molar-refractivity contribution in [2.45, 2.75) is 85.0 Å². The van der Waals surface area contributed by atoms with Gasteiger partial charge in [-0.3, -0.25) is 29.3 Å². The molecule has 3 rings (SSSR count). The molecule has 232 valence electrons. The first-order chi connectivity index (χ1) is 19.5. The van der Waals surface area contributed by atoms with Gasteiger partial charge in [-0.1, -0.05) is 19.0 Å². The Morgan fingerprint density at radius 2 is 1.78 bits per heavy atom. The molecule has 2 fully saturated rings. The largest absolute Gasteiger partial charge is 0.361 e. The highest BCUT2D eigenvalue weighted by Gasteiger charge is 2.27. The molecule has 0 saturated carbocycles. The molecule has 3 amide bonds. The van der Waals surface area contributed by atoms with Gasteiger partial charge in [-0.05, 0) is 78.9 Å². The fourth-order valence-electron chi connectivity index (χ4n) is 4.07. The molecule has 2 aliphatic rings. The summed E-state index contributed by atoms with van der Waals surface area (Å²) in [4.78, 5) is 64.1. The van der Waals surface area contributed by atoms with Crippen LogP contribution in [0.25, 0.3) is 0 Å². The summed E-state index contributed by atoms with van der Waals surface area (Å²) in [5.41, 5.74) is 0.202. The fourth-order valence-corrected chi connectivity index (χ4v) is 4.07. The summed E-state index contributed by atoms with van der Waals surface area (Å²) in [6, 6.07) is 1.35. The highest BCUT2D eigenvalue weighted by molar-refractivity contribution is 6.09. The van der Waals surface area contributed by atoms with Crippen LogP contribution < -0.4 is 21.3 Å². The molecule has 3 unspecified atom stereocenters. The van der Waals surface area contributed by atoms with Gasteiger partial charge in [0, 0.05) is 24.6 Å². The molecular weight excluding hydrogens is 532 g/mol. The Morgan fingerprint density at radius 1 is 1.15 bits per heavy atom. The van der Waals surface area contributed by atoms with Gasteiger partial charge in [0.15, 0.2) is 18.3 Å². The number of aromatic nitrogens is 1. The van der Waals surface area contributed by atoms with E-state index in [9.17, 15) is 19.2 Å². The van der Waals surface area contributed by atoms with E-state index in [1.165, 1.54) is 32.0 Å². The average molecular weight is 581 g/mol. The van der Waals surface area contributed by atoms with Crippen LogP contribution in [0.2, 0.25) is 0 Å². The molecule has 13 nitrogen and oxygen atoms in total. The van der Waals surface area contributed by atoms with Crippen molar-refractivity contribution < 1.29 is 33.3 Å². The second-order valence-corrected chi connectivity index (χ2v) is 10.6. The zero-order valence-electron chi connectivity index (χ0n) is 25.2. The minimum absolute atomic E-state index is 0.0219. The zero-order chi connectivity index (χ0) is 31.2. The Morgan fingerprint density at radius 3 is 2.15 bits per heavy atom. The van der Waals surface area contributed by atoms with Gasteiger partial charge in [-0.15, -0.1) is 0 Å². The quantitative estimate of drug-likeness (QED) is 0.158. The van der Waals surface area contributed by atoms with Gasteiger partial charge >= 0.3 is 0 Å². The minimum Gasteiger partial charge on any atom is -0.361 e. The van der Waals surface area contributed by atoms with E-state index >= 15 is 0 Å². The molecule has 41 heavy (non-hydrogen) atoms. The molecule has 0 spiro atoms. The van der Waals surface area contributed by atoms with Crippen LogP contribution in [0, 0.1) is 18.8 Å². The summed E-state index contributed by atoms with van der Waals surface area (Å²) in [5, 5.41) is 14.9. The predicted octanol–water partition coefficient (Wildman–Crippen LogP) is 1.01. The Hall–Kier alpha value is -3.45. The van der Waals surface area contributed by atoms with Crippen LogP contribution in [0.1, 0.15) is 76.0 Å². The molecule has 0 radical (unpaired) electrons. The van der Waals surface area contributed by atoms with Crippen molar-refractivity contribution in [1.82, 2.24) is 31.3 Å². The Bertz CT molecular complexity index is 909. The summed E-state index contributed by atoms with van der Waals surface area (Å²) in [6.45, 7) is 13.1. The highest BCUT2D eigenvalue weighted by atomic mass is 16.5. The molecule has 3 heterocycles. The van der Waals surface area contributed by atoms with Gasteiger partial charge in [-0.25, -0.2) is 0 Å². The van der Waals surface area contributed by atoms with Crippen molar-refractivity contribution in [2.75, 3.05) is 26.7 Å². The third-order valence-electron chi connectivity index (χ3n) is 5.94. The molecule has 2 aliphatic heterocycles. The summed E-state index contributed by atoms with van der Waals surface area (Å²) in [7, 11) is 2.17. The maximum absolute atomic E-state index is 11.6. The van der Waals surface area contributed by atoms with Gasteiger partial charge in [0.2, 0.25) is 12.3 Å². The van der Waals surface area contributed by atoms with E-state index in [1.807, 2.05) is 27.7 Å². The van der Waals surface area contributed by atoms with Crippen molar-refractivity contribution in [3.05, 3.63) is 17.5 Å². The molecular formula is C28H48N6O7. The SMILES string of the molecule is CC(C)NC(CC1CCNC1=O)NC=O.CN1CCCC1.Cc1cc(C(=O)NC(C=O)CC(C)C)no1.O=CC=O. The third kappa shape index (κ3) is 18.5. The number of carbonyl (C=O) groups excluding carboxylic acids is 6. The Balaban J connectivity index is 0.000000588. The number of hydrogen-bond acceptors (Lipinski definition) is 10. The van der Waals surface area contributed by atoms with Crippen molar-refractivity contribution in [1.29, 1.82) is 0 Å². The van der Waals surface area contributed by atoms with Crippen molar-refractivity contribution >= 4 is 37.1 Å². The van der Waals surface area contributed by atoms with E-state index in [1.54, 1.807) is 6.92 Å². The third-order valence-corrected chi connectivity index (χ3v) is 5.94. The van der Waals surface area contributed by atoms with Gasteiger partial charge in [0.25, 0.3) is 5.91 Å². The molecule has 3 atom stereocenters.